The molecule has 1 aromatic rings. The summed E-state index contributed by atoms with van der Waals surface area (Å²) in [5.41, 5.74) is 1.42. The van der Waals surface area contributed by atoms with Crippen molar-refractivity contribution >= 4 is 5.97 Å². The van der Waals surface area contributed by atoms with Crippen molar-refractivity contribution in [3.63, 3.8) is 0 Å². The minimum Gasteiger partial charge on any atom is -0.504 e. The Hall–Kier alpha value is -1.97. The number of carbonyl (C=O) groups excluding carboxylic acids is 1. The zero-order chi connectivity index (χ0) is 12.8. The van der Waals surface area contributed by atoms with E-state index in [-0.39, 0.29) is 18.1 Å². The minimum absolute atomic E-state index is 0.0843. The largest absolute Gasteiger partial charge is 0.504 e. The first-order valence-corrected chi connectivity index (χ1v) is 5.18. The maximum absolute atomic E-state index is 11.2. The second-order valence-electron chi connectivity index (χ2n) is 3.55. The summed E-state index contributed by atoms with van der Waals surface area (Å²) in [6.45, 7) is 3.62. The zero-order valence-corrected chi connectivity index (χ0v) is 10.0. The predicted octanol–water partition coefficient (Wildman–Crippen LogP) is 1.84. The fraction of sp³-hybridized carbons (Fsp3) is 0.308. The Morgan fingerprint density at radius 3 is 2.71 bits per heavy atom. The van der Waals surface area contributed by atoms with E-state index in [0.29, 0.717) is 17.7 Å². The van der Waals surface area contributed by atoms with Gasteiger partial charge >= 0.3 is 5.97 Å². The maximum Gasteiger partial charge on any atom is 0.309 e. The minimum atomic E-state index is -0.331. The summed E-state index contributed by atoms with van der Waals surface area (Å²) in [6.07, 6.45) is 2.34. The van der Waals surface area contributed by atoms with Crippen LogP contribution in [0.2, 0.25) is 0 Å². The van der Waals surface area contributed by atoms with Crippen LogP contribution in [0, 0.1) is 0 Å². The quantitative estimate of drug-likeness (QED) is 0.626. The van der Waals surface area contributed by atoms with Crippen LogP contribution in [0.5, 0.6) is 11.5 Å². The van der Waals surface area contributed by atoms with Crippen molar-refractivity contribution in [2.75, 3.05) is 14.2 Å². The molecule has 0 spiro atoms. The van der Waals surface area contributed by atoms with Gasteiger partial charge in [-0.05, 0) is 18.1 Å². The van der Waals surface area contributed by atoms with E-state index in [1.54, 1.807) is 18.2 Å². The molecular formula is C13H16O4. The molecule has 92 valence electrons. The standard InChI is InChI=1S/C13H16O4/c1-4-5-10-6-9(8-12(14)17-3)7-11(16-2)13(10)15/h4,6-7,15H,1,5,8H2,2-3H3. The van der Waals surface area contributed by atoms with Gasteiger partial charge in [0.15, 0.2) is 11.5 Å². The van der Waals surface area contributed by atoms with Gasteiger partial charge in [-0.1, -0.05) is 12.1 Å². The highest BCUT2D eigenvalue weighted by Crippen LogP contribution is 2.32. The molecule has 0 fully saturated rings. The number of esters is 1. The highest BCUT2D eigenvalue weighted by Gasteiger charge is 2.12. The van der Waals surface area contributed by atoms with Gasteiger partial charge in [0.2, 0.25) is 0 Å². The van der Waals surface area contributed by atoms with Crippen LogP contribution in [0.1, 0.15) is 11.1 Å². The molecule has 1 rings (SSSR count). The lowest BCUT2D eigenvalue weighted by Crippen LogP contribution is -2.05. The molecular weight excluding hydrogens is 220 g/mol. The van der Waals surface area contributed by atoms with Gasteiger partial charge < -0.3 is 14.6 Å². The molecule has 0 saturated heterocycles. The van der Waals surface area contributed by atoms with Gasteiger partial charge in [0.05, 0.1) is 20.6 Å². The summed E-state index contributed by atoms with van der Waals surface area (Å²) >= 11 is 0. The molecule has 0 bridgehead atoms. The second kappa shape index (κ2) is 5.94. The van der Waals surface area contributed by atoms with E-state index in [1.165, 1.54) is 14.2 Å². The van der Waals surface area contributed by atoms with E-state index in [9.17, 15) is 9.90 Å². The predicted molar refractivity (Wildman–Crippen MR) is 64.3 cm³/mol. The molecule has 0 amide bonds. The van der Waals surface area contributed by atoms with Gasteiger partial charge in [-0.15, -0.1) is 6.58 Å². The third-order valence-corrected chi connectivity index (χ3v) is 2.37. The molecule has 0 aliphatic rings. The molecule has 4 nitrogen and oxygen atoms in total. The summed E-state index contributed by atoms with van der Waals surface area (Å²) in [5.74, 6) is 0.103. The van der Waals surface area contributed by atoms with Crippen molar-refractivity contribution in [3.05, 3.63) is 35.9 Å². The van der Waals surface area contributed by atoms with Crippen LogP contribution < -0.4 is 4.74 Å². The van der Waals surface area contributed by atoms with E-state index in [0.717, 1.165) is 5.56 Å². The Labute approximate surface area is 100 Å². The number of benzene rings is 1. The SMILES string of the molecule is C=CCc1cc(CC(=O)OC)cc(OC)c1O. The molecule has 0 unspecified atom stereocenters. The number of phenolic OH excluding ortho intramolecular Hbond substituents is 1. The average molecular weight is 236 g/mol. The number of hydrogen-bond donors (Lipinski definition) is 1. The molecule has 0 aliphatic heterocycles. The summed E-state index contributed by atoms with van der Waals surface area (Å²) in [5, 5.41) is 9.85. The van der Waals surface area contributed by atoms with Crippen LogP contribution in [0.4, 0.5) is 0 Å². The van der Waals surface area contributed by atoms with Crippen LogP contribution >= 0.6 is 0 Å². The van der Waals surface area contributed by atoms with Crippen LogP contribution in [0.25, 0.3) is 0 Å². The Morgan fingerprint density at radius 1 is 1.47 bits per heavy atom. The number of aromatic hydroxyl groups is 1. The smallest absolute Gasteiger partial charge is 0.309 e. The van der Waals surface area contributed by atoms with E-state index in [4.69, 9.17) is 4.74 Å². The molecule has 1 aromatic carbocycles. The zero-order valence-electron chi connectivity index (χ0n) is 10.0. The average Bonchev–Trinajstić information content (AvgIpc) is 2.33. The van der Waals surface area contributed by atoms with Gasteiger partial charge in [0, 0.05) is 5.56 Å². The number of carbonyl (C=O) groups is 1. The molecule has 0 aliphatic carbocycles. The Bertz CT molecular complexity index is 424. The van der Waals surface area contributed by atoms with E-state index in [2.05, 4.69) is 11.3 Å². The van der Waals surface area contributed by atoms with Crippen molar-refractivity contribution in [3.8, 4) is 11.5 Å². The Kier molecular flexibility index (Phi) is 4.57. The van der Waals surface area contributed by atoms with Gasteiger partial charge in [-0.25, -0.2) is 0 Å². The van der Waals surface area contributed by atoms with Gasteiger partial charge in [0.25, 0.3) is 0 Å². The van der Waals surface area contributed by atoms with Crippen molar-refractivity contribution in [1.29, 1.82) is 0 Å². The first-order chi connectivity index (χ1) is 8.12. The molecule has 17 heavy (non-hydrogen) atoms. The van der Waals surface area contributed by atoms with Crippen LogP contribution in [0.15, 0.2) is 24.8 Å². The second-order valence-corrected chi connectivity index (χ2v) is 3.55. The number of rotatable bonds is 5. The normalized spacial score (nSPS) is 9.76. The Morgan fingerprint density at radius 2 is 2.18 bits per heavy atom. The molecule has 4 heteroatoms. The van der Waals surface area contributed by atoms with Crippen molar-refractivity contribution in [2.45, 2.75) is 12.8 Å². The first-order valence-electron chi connectivity index (χ1n) is 5.18. The molecule has 0 heterocycles. The highest BCUT2D eigenvalue weighted by atomic mass is 16.5. The summed E-state index contributed by atoms with van der Waals surface area (Å²) in [6, 6.07) is 3.37. The summed E-state index contributed by atoms with van der Waals surface area (Å²) in [7, 11) is 2.80. The summed E-state index contributed by atoms with van der Waals surface area (Å²) in [4.78, 5) is 11.2. The lowest BCUT2D eigenvalue weighted by Gasteiger charge is -2.10. The van der Waals surface area contributed by atoms with Gasteiger partial charge in [0.1, 0.15) is 0 Å². The highest BCUT2D eigenvalue weighted by molar-refractivity contribution is 5.73. The molecule has 1 N–H and O–H groups in total. The maximum atomic E-state index is 11.2. The Balaban J connectivity index is 3.10. The van der Waals surface area contributed by atoms with E-state index >= 15 is 0 Å². The topological polar surface area (TPSA) is 55.8 Å². The summed E-state index contributed by atoms with van der Waals surface area (Å²) < 4.78 is 9.65. The van der Waals surface area contributed by atoms with Gasteiger partial charge in [-0.3, -0.25) is 4.79 Å². The molecule has 0 aromatic heterocycles. The van der Waals surface area contributed by atoms with Crippen LogP contribution in [-0.4, -0.2) is 25.3 Å². The molecule has 0 radical (unpaired) electrons. The van der Waals surface area contributed by atoms with Crippen molar-refractivity contribution in [1.82, 2.24) is 0 Å². The third-order valence-electron chi connectivity index (χ3n) is 2.37. The lowest BCUT2D eigenvalue weighted by atomic mass is 10.0. The van der Waals surface area contributed by atoms with E-state index < -0.39 is 0 Å². The number of hydrogen-bond acceptors (Lipinski definition) is 4. The molecule has 0 atom stereocenters. The van der Waals surface area contributed by atoms with Crippen LogP contribution in [0.3, 0.4) is 0 Å². The first kappa shape index (κ1) is 13.1. The monoisotopic (exact) mass is 236 g/mol. The van der Waals surface area contributed by atoms with E-state index in [1.807, 2.05) is 0 Å². The number of phenols is 1. The fourth-order valence-electron chi connectivity index (χ4n) is 1.54. The van der Waals surface area contributed by atoms with Gasteiger partial charge in [-0.2, -0.15) is 0 Å². The van der Waals surface area contributed by atoms with Crippen molar-refractivity contribution < 1.29 is 19.4 Å². The number of methoxy groups -OCH3 is 2. The number of allylic oxidation sites excluding steroid dienone is 1. The van der Waals surface area contributed by atoms with Crippen LogP contribution in [-0.2, 0) is 22.4 Å². The van der Waals surface area contributed by atoms with Crippen molar-refractivity contribution in [2.24, 2.45) is 0 Å². The third kappa shape index (κ3) is 3.24. The molecule has 0 saturated carbocycles. The number of ether oxygens (including phenoxy) is 2. The fourth-order valence-corrected chi connectivity index (χ4v) is 1.54. The lowest BCUT2D eigenvalue weighted by molar-refractivity contribution is -0.139.